The molecule has 0 radical (unpaired) electrons. The third kappa shape index (κ3) is 10.9. The first kappa shape index (κ1) is 50.4. The molecule has 5 heterocycles. The molecule has 6 aromatic rings. The highest BCUT2D eigenvalue weighted by Crippen LogP contribution is 2.38. The van der Waals surface area contributed by atoms with E-state index in [1.54, 1.807) is 0 Å². The van der Waals surface area contributed by atoms with E-state index in [1.165, 1.54) is 24.2 Å². The number of hydrogen-bond acceptors (Lipinski definition) is 13. The molecule has 2 aromatic heterocycles. The third-order valence-electron chi connectivity index (χ3n) is 15.8. The van der Waals surface area contributed by atoms with Crippen molar-refractivity contribution >= 4 is 73.3 Å². The first-order valence-corrected chi connectivity index (χ1v) is 27.0. The molecule has 2 saturated heterocycles. The zero-order valence-electron chi connectivity index (χ0n) is 42.4. The maximum Gasteiger partial charge on any atom is 0.355 e. The van der Waals surface area contributed by atoms with Gasteiger partial charge in [-0.2, -0.15) is 0 Å². The van der Waals surface area contributed by atoms with Crippen molar-refractivity contribution < 1.29 is 29.0 Å². The Labute approximate surface area is 436 Å². The van der Waals surface area contributed by atoms with Gasteiger partial charge in [0.25, 0.3) is 5.91 Å². The van der Waals surface area contributed by atoms with Gasteiger partial charge in [0.15, 0.2) is 10.8 Å². The van der Waals surface area contributed by atoms with E-state index in [9.17, 15) is 24.3 Å². The molecule has 1 aliphatic carbocycles. The Kier molecular flexibility index (Phi) is 15.1. The second kappa shape index (κ2) is 22.1. The van der Waals surface area contributed by atoms with Crippen LogP contribution in [0.3, 0.4) is 0 Å². The largest absolute Gasteiger partial charge is 0.490 e. The number of aromatic nitrogens is 2. The first-order valence-electron chi connectivity index (χ1n) is 26.2. The molecule has 4 aromatic carbocycles. The molecule has 4 aliphatic rings. The number of piperazine rings is 1. The fourth-order valence-corrected chi connectivity index (χ4v) is 12.3. The van der Waals surface area contributed by atoms with Gasteiger partial charge in [-0.1, -0.05) is 60.6 Å². The molecule has 16 heteroatoms. The van der Waals surface area contributed by atoms with Crippen LogP contribution in [0.4, 0.5) is 22.3 Å². The van der Waals surface area contributed by atoms with Crippen LogP contribution in [0.15, 0.2) is 91.0 Å². The van der Waals surface area contributed by atoms with Crippen LogP contribution in [0.5, 0.6) is 5.75 Å². The lowest BCUT2D eigenvalue weighted by atomic mass is 9.84. The summed E-state index contributed by atoms with van der Waals surface area (Å²) in [6.45, 7) is 9.20. The number of anilines is 4. The number of amides is 3. The molecular weight excluding hydrogens is 951 g/mol. The van der Waals surface area contributed by atoms with Crippen molar-refractivity contribution in [2.24, 2.45) is 11.8 Å². The highest BCUT2D eigenvalue weighted by molar-refractivity contribution is 7.22. The van der Waals surface area contributed by atoms with Crippen LogP contribution < -0.4 is 30.5 Å². The number of piperidine rings is 1. The van der Waals surface area contributed by atoms with Crippen LogP contribution in [0, 0.1) is 24.2 Å². The number of carbonyl (C=O) groups is 4. The van der Waals surface area contributed by atoms with Crippen LogP contribution in [-0.4, -0.2) is 101 Å². The van der Waals surface area contributed by atoms with Crippen molar-refractivity contribution in [3.05, 3.63) is 125 Å². The van der Waals surface area contributed by atoms with E-state index in [4.69, 9.17) is 15.1 Å². The molecular formula is C58H65N9O6S. The molecule has 3 aliphatic heterocycles. The Balaban J connectivity index is 0.695. The number of carboxylic acid groups (broad SMARTS) is 1. The minimum Gasteiger partial charge on any atom is -0.490 e. The minimum atomic E-state index is -1.10. The van der Waals surface area contributed by atoms with Crippen molar-refractivity contribution in [2.45, 2.75) is 96.7 Å². The lowest BCUT2D eigenvalue weighted by Gasteiger charge is -2.39. The Hall–Kier alpha value is -7.17. The zero-order valence-corrected chi connectivity index (χ0v) is 43.2. The fourth-order valence-electron chi connectivity index (χ4n) is 11.5. The summed E-state index contributed by atoms with van der Waals surface area (Å²) in [7, 11) is 1.84. The normalized spacial score (nSPS) is 19.6. The number of aromatic carboxylic acids is 1. The van der Waals surface area contributed by atoms with E-state index in [-0.39, 0.29) is 35.7 Å². The highest BCUT2D eigenvalue weighted by atomic mass is 32.1. The van der Waals surface area contributed by atoms with Crippen molar-refractivity contribution in [3.8, 4) is 16.9 Å². The summed E-state index contributed by atoms with van der Waals surface area (Å²) < 4.78 is 7.70. The van der Waals surface area contributed by atoms with Crippen LogP contribution >= 0.6 is 11.3 Å². The molecule has 15 nitrogen and oxygen atoms in total. The number of fused-ring (bicyclic) bond motifs is 2. The van der Waals surface area contributed by atoms with Gasteiger partial charge in [0, 0.05) is 86.8 Å². The van der Waals surface area contributed by atoms with Crippen LogP contribution in [0.25, 0.3) is 21.3 Å². The molecule has 1 saturated carbocycles. The number of nitrogens with zero attached hydrogens (tertiary/aromatic N) is 5. The highest BCUT2D eigenvalue weighted by Gasteiger charge is 2.33. The van der Waals surface area contributed by atoms with Crippen molar-refractivity contribution in [2.75, 3.05) is 60.2 Å². The Bertz CT molecular complexity index is 3070. The molecule has 3 amide bonds. The average molecular weight is 1020 g/mol. The van der Waals surface area contributed by atoms with Gasteiger partial charge in [-0.3, -0.25) is 29.9 Å². The van der Waals surface area contributed by atoms with Gasteiger partial charge < -0.3 is 30.4 Å². The zero-order chi connectivity index (χ0) is 51.5. The van der Waals surface area contributed by atoms with E-state index < -0.39 is 17.8 Å². The molecule has 74 heavy (non-hydrogen) atoms. The molecule has 2 unspecified atom stereocenters. The molecule has 0 spiro atoms. The summed E-state index contributed by atoms with van der Waals surface area (Å²) in [6, 6.07) is 29.7. The number of pyridine rings is 1. The lowest BCUT2D eigenvalue weighted by Crippen LogP contribution is -2.49. The number of nitrogens with one attached hydrogen (secondary N) is 4. The number of carbonyl (C=O) groups excluding carboxylic acids is 3. The van der Waals surface area contributed by atoms with Gasteiger partial charge in [0.1, 0.15) is 11.6 Å². The van der Waals surface area contributed by atoms with E-state index in [0.29, 0.717) is 65.5 Å². The summed E-state index contributed by atoms with van der Waals surface area (Å²) in [6.07, 6.45) is 9.19. The molecule has 384 valence electrons. The number of benzene rings is 4. The van der Waals surface area contributed by atoms with E-state index in [0.717, 1.165) is 108 Å². The van der Waals surface area contributed by atoms with Crippen LogP contribution in [0.1, 0.15) is 108 Å². The van der Waals surface area contributed by atoms with Crippen molar-refractivity contribution in [3.63, 3.8) is 0 Å². The molecule has 2 atom stereocenters. The predicted octanol–water partition coefficient (Wildman–Crippen LogP) is 9.96. The molecule has 10 rings (SSSR count). The molecule has 3 fully saturated rings. The number of hydrogen-bond donors (Lipinski definition) is 5. The maximum absolute atomic E-state index is 13.7. The van der Waals surface area contributed by atoms with Gasteiger partial charge >= 0.3 is 5.97 Å². The summed E-state index contributed by atoms with van der Waals surface area (Å²) in [5.41, 5.74) is 8.42. The van der Waals surface area contributed by atoms with Crippen LogP contribution in [-0.2, 0) is 22.6 Å². The lowest BCUT2D eigenvalue weighted by molar-refractivity contribution is -0.134. The number of ether oxygens (including phenoxy) is 1. The van der Waals surface area contributed by atoms with Gasteiger partial charge in [-0.25, -0.2) is 14.8 Å². The summed E-state index contributed by atoms with van der Waals surface area (Å²) in [5.74, 6) is -0.630. The Morgan fingerprint density at radius 1 is 0.865 bits per heavy atom. The van der Waals surface area contributed by atoms with E-state index in [2.05, 4.69) is 43.7 Å². The van der Waals surface area contributed by atoms with Gasteiger partial charge in [-0.15, -0.1) is 0 Å². The van der Waals surface area contributed by atoms with E-state index in [1.807, 2.05) is 104 Å². The number of imide groups is 1. The topological polar surface area (TPSA) is 193 Å². The number of thiazole rings is 1. The number of para-hydroxylation sites is 1. The molecule has 5 N–H and O–H groups in total. The average Bonchev–Trinajstić information content (AvgIpc) is 3.83. The van der Waals surface area contributed by atoms with Gasteiger partial charge in [-0.05, 0) is 142 Å². The second-order valence-electron chi connectivity index (χ2n) is 20.3. The monoisotopic (exact) mass is 1020 g/mol. The Morgan fingerprint density at radius 3 is 2.43 bits per heavy atom. The van der Waals surface area contributed by atoms with Crippen LogP contribution in [0.2, 0.25) is 0 Å². The third-order valence-corrected chi connectivity index (χ3v) is 16.7. The van der Waals surface area contributed by atoms with Gasteiger partial charge in [0.05, 0.1) is 28.0 Å². The SMILES string of the molecule is CNc1cc(N2CCN(C(C)CCCC3CCC(Oc4cccc(-c5ccc(N6CCc7cccc(C(=O)Nc8nc9ccccc9s8)c7C6)nc5C(=O)O)c4C)CC3)CC2)ccc1C(=N)C1CCC(=O)NC1=O. The summed E-state index contributed by atoms with van der Waals surface area (Å²) in [5, 5.41) is 28.5. The summed E-state index contributed by atoms with van der Waals surface area (Å²) >= 11 is 1.44. The van der Waals surface area contributed by atoms with Crippen molar-refractivity contribution in [1.82, 2.24) is 20.2 Å². The van der Waals surface area contributed by atoms with E-state index >= 15 is 0 Å². The molecule has 0 bridgehead atoms. The second-order valence-corrected chi connectivity index (χ2v) is 21.3. The maximum atomic E-state index is 13.7. The van der Waals surface area contributed by atoms with Crippen molar-refractivity contribution in [1.29, 1.82) is 5.41 Å². The van der Waals surface area contributed by atoms with Gasteiger partial charge in [0.2, 0.25) is 11.8 Å². The Morgan fingerprint density at radius 2 is 1.66 bits per heavy atom. The fraction of sp³-hybridized carbons (Fsp3) is 0.397. The number of carboxylic acids is 1. The standard InChI is InChI=1S/C58H65N9O6S/c1-35(65-29-31-66(32-30-65)39-19-22-44(48(33-39)60-3)53(59)45-24-26-52(68)63-56(45)70)9-6-10-37-17-20-40(21-18-37)73-49-15-8-12-41(36(49)2)42-23-25-51(62-54(42)57(71)72)67-28-27-38-11-7-13-43(46(38)34-67)55(69)64-58-61-47-14-4-5-16-50(47)74-58/h4-5,7-8,11-16,19,22-23,25,33,35,37,40,45,59-60H,6,9-10,17-18,20-21,24,26-32,34H2,1-3H3,(H,71,72)(H,61,64,69)(H,63,68,70). The quantitative estimate of drug-likeness (QED) is 0.0456. The predicted molar refractivity (Wildman–Crippen MR) is 292 cm³/mol. The number of rotatable bonds is 16. The smallest absolute Gasteiger partial charge is 0.355 e. The first-order chi connectivity index (χ1) is 35.9. The minimum absolute atomic E-state index is 0.0218. The summed E-state index contributed by atoms with van der Waals surface area (Å²) in [4.78, 5) is 67.1.